The van der Waals surface area contributed by atoms with Crippen molar-refractivity contribution in [1.29, 1.82) is 0 Å². The highest BCUT2D eigenvalue weighted by molar-refractivity contribution is 6.30. The van der Waals surface area contributed by atoms with E-state index in [1.165, 1.54) is 0 Å². The predicted molar refractivity (Wildman–Crippen MR) is 154 cm³/mol. The minimum atomic E-state index is -1.16. The molecule has 4 rings (SSSR count). The topological polar surface area (TPSA) is 84.8 Å². The summed E-state index contributed by atoms with van der Waals surface area (Å²) in [6, 6.07) is 11.3. The first-order chi connectivity index (χ1) is 18.3. The summed E-state index contributed by atoms with van der Waals surface area (Å²) in [6.07, 6.45) is 4.31. The Morgan fingerprint density at radius 2 is 1.74 bits per heavy atom. The minimum Gasteiger partial charge on any atom is -0.487 e. The number of carboxylic acids is 1. The molecule has 1 fully saturated rings. The molecule has 3 heterocycles. The zero-order chi connectivity index (χ0) is 28.4. The number of aliphatic carboxylic acids is 1. The van der Waals surface area contributed by atoms with Gasteiger partial charge in [-0.25, -0.2) is 4.79 Å². The van der Waals surface area contributed by atoms with Gasteiger partial charge in [-0.15, -0.1) is 0 Å². The monoisotopic (exact) mass is 551 g/mol. The number of aromatic nitrogens is 2. The number of rotatable bonds is 8. The molecule has 0 radical (unpaired) electrons. The molecule has 0 bridgehead atoms. The quantitative estimate of drug-likeness (QED) is 0.315. The summed E-state index contributed by atoms with van der Waals surface area (Å²) in [4.78, 5) is 24.2. The average molecular weight is 552 g/mol. The zero-order valence-electron chi connectivity index (χ0n) is 23.6. The zero-order valence-corrected chi connectivity index (χ0v) is 24.4. The number of hydrogen-bond acceptors (Lipinski definition) is 6. The number of carbonyl (C=O) groups is 1. The maximum atomic E-state index is 12.6. The second-order valence-electron chi connectivity index (χ2n) is 11.9. The number of ether oxygens (including phenoxy) is 2. The Balaban J connectivity index is 1.72. The Morgan fingerprint density at radius 3 is 2.31 bits per heavy atom. The van der Waals surface area contributed by atoms with E-state index in [1.54, 1.807) is 12.4 Å². The van der Waals surface area contributed by atoms with E-state index >= 15 is 0 Å². The number of halogens is 1. The summed E-state index contributed by atoms with van der Waals surface area (Å²) in [6.45, 7) is 14.0. The van der Waals surface area contributed by atoms with Crippen LogP contribution in [-0.4, -0.2) is 39.7 Å². The molecule has 0 saturated carbocycles. The second-order valence-corrected chi connectivity index (χ2v) is 12.4. The molecule has 7 nitrogen and oxygen atoms in total. The summed E-state index contributed by atoms with van der Waals surface area (Å²) >= 11 is 5.98. The molecule has 3 aromatic rings. The van der Waals surface area contributed by atoms with E-state index in [-0.39, 0.29) is 5.41 Å². The van der Waals surface area contributed by atoms with Gasteiger partial charge in [-0.05, 0) is 75.8 Å². The van der Waals surface area contributed by atoms with Crippen molar-refractivity contribution in [2.75, 3.05) is 18.0 Å². The summed E-state index contributed by atoms with van der Waals surface area (Å²) in [7, 11) is 0. The third kappa shape index (κ3) is 7.28. The van der Waals surface area contributed by atoms with Crippen LogP contribution in [0.4, 0.5) is 5.69 Å². The van der Waals surface area contributed by atoms with Crippen molar-refractivity contribution in [2.45, 2.75) is 72.7 Å². The van der Waals surface area contributed by atoms with Crippen LogP contribution in [-0.2, 0) is 16.1 Å². The van der Waals surface area contributed by atoms with Crippen LogP contribution in [0.25, 0.3) is 11.3 Å². The number of anilines is 1. The van der Waals surface area contributed by atoms with Crippen LogP contribution >= 0.6 is 11.6 Å². The second kappa shape index (κ2) is 11.5. The molecule has 8 heteroatoms. The van der Waals surface area contributed by atoms with Crippen LogP contribution in [0.3, 0.4) is 0 Å². The van der Waals surface area contributed by atoms with Crippen LogP contribution in [0.2, 0.25) is 5.02 Å². The molecule has 39 heavy (non-hydrogen) atoms. The van der Waals surface area contributed by atoms with Crippen LogP contribution in [0, 0.1) is 12.3 Å². The molecule has 1 aromatic carbocycles. The average Bonchev–Trinajstić information content (AvgIpc) is 2.87. The van der Waals surface area contributed by atoms with E-state index in [0.717, 1.165) is 42.7 Å². The Hall–Kier alpha value is -3.16. The van der Waals surface area contributed by atoms with Gasteiger partial charge in [-0.2, -0.15) is 0 Å². The summed E-state index contributed by atoms with van der Waals surface area (Å²) in [5.41, 5.74) is 4.10. The van der Waals surface area contributed by atoms with Gasteiger partial charge in [0.2, 0.25) is 0 Å². The molecule has 1 saturated heterocycles. The van der Waals surface area contributed by atoms with E-state index in [1.807, 2.05) is 64.1 Å². The van der Waals surface area contributed by atoms with Gasteiger partial charge in [-0.1, -0.05) is 37.6 Å². The highest BCUT2D eigenvalue weighted by Crippen LogP contribution is 2.43. The normalized spacial score (nSPS) is 16.1. The fourth-order valence-electron chi connectivity index (χ4n) is 4.74. The van der Waals surface area contributed by atoms with E-state index in [0.29, 0.717) is 34.3 Å². The van der Waals surface area contributed by atoms with Gasteiger partial charge >= 0.3 is 5.97 Å². The highest BCUT2D eigenvalue weighted by Gasteiger charge is 2.36. The fraction of sp³-hybridized carbons (Fsp3) is 0.452. The molecule has 2 aromatic heterocycles. The molecular weight excluding hydrogens is 514 g/mol. The molecule has 0 spiro atoms. The molecule has 1 unspecified atom stereocenters. The van der Waals surface area contributed by atoms with Crippen LogP contribution < -0.4 is 9.64 Å². The van der Waals surface area contributed by atoms with Gasteiger partial charge in [0.25, 0.3) is 0 Å². The summed E-state index contributed by atoms with van der Waals surface area (Å²) in [5, 5.41) is 11.0. The first-order valence-corrected chi connectivity index (χ1v) is 13.7. The number of nitrogens with zero attached hydrogens (tertiary/aromatic N) is 3. The van der Waals surface area contributed by atoms with Gasteiger partial charge in [-0.3, -0.25) is 9.97 Å². The smallest absolute Gasteiger partial charge is 0.337 e. The molecule has 208 valence electrons. The number of pyridine rings is 2. The van der Waals surface area contributed by atoms with Crippen molar-refractivity contribution in [3.63, 3.8) is 0 Å². The largest absolute Gasteiger partial charge is 0.487 e. The van der Waals surface area contributed by atoms with Crippen molar-refractivity contribution in [3.8, 4) is 17.0 Å². The third-order valence-electron chi connectivity index (χ3n) is 7.01. The highest BCUT2D eigenvalue weighted by atomic mass is 35.5. The standard InChI is InChI=1S/C31H38ClN3O4/c1-20-26(28(29(36)37)39-30(2,3)4)27(35-15-13-31(5,6)14-16-35)24(18-33-20)25-12-11-23(17-34-25)38-19-21-7-9-22(32)10-8-21/h7-12,17-18,28H,13-16,19H2,1-6H3,(H,36,37). The number of carboxylic acid groups (broad SMARTS) is 1. The Bertz CT molecular complexity index is 1290. The van der Waals surface area contributed by atoms with Gasteiger partial charge < -0.3 is 19.5 Å². The van der Waals surface area contributed by atoms with Gasteiger partial charge in [0.1, 0.15) is 12.4 Å². The third-order valence-corrected chi connectivity index (χ3v) is 7.26. The molecule has 1 aliphatic heterocycles. The van der Waals surface area contributed by atoms with E-state index in [9.17, 15) is 9.90 Å². The Kier molecular flexibility index (Phi) is 8.52. The lowest BCUT2D eigenvalue weighted by molar-refractivity contribution is -0.160. The number of aryl methyl sites for hydroxylation is 1. The lowest BCUT2D eigenvalue weighted by Gasteiger charge is -2.40. The number of piperidine rings is 1. The van der Waals surface area contributed by atoms with Crippen LogP contribution in [0.1, 0.15) is 70.4 Å². The van der Waals surface area contributed by atoms with Gasteiger partial charge in [0, 0.05) is 41.1 Å². The molecule has 1 aliphatic rings. The minimum absolute atomic E-state index is 0.230. The van der Waals surface area contributed by atoms with Gasteiger partial charge in [0.15, 0.2) is 6.10 Å². The van der Waals surface area contributed by atoms with E-state index < -0.39 is 17.7 Å². The summed E-state index contributed by atoms with van der Waals surface area (Å²) in [5.74, 6) is -0.404. The fourth-order valence-corrected chi connectivity index (χ4v) is 4.87. The van der Waals surface area contributed by atoms with Gasteiger partial charge in [0.05, 0.1) is 23.2 Å². The lowest BCUT2D eigenvalue weighted by Crippen LogP contribution is -2.39. The summed E-state index contributed by atoms with van der Waals surface area (Å²) < 4.78 is 12.0. The van der Waals surface area contributed by atoms with Crippen molar-refractivity contribution in [1.82, 2.24) is 9.97 Å². The lowest BCUT2D eigenvalue weighted by atomic mass is 9.82. The number of hydrogen-bond donors (Lipinski definition) is 1. The van der Waals surface area contributed by atoms with Crippen LogP contribution in [0.5, 0.6) is 5.75 Å². The molecule has 0 amide bonds. The molecule has 1 atom stereocenters. The Morgan fingerprint density at radius 1 is 1.08 bits per heavy atom. The van der Waals surface area contributed by atoms with Crippen molar-refractivity contribution in [2.24, 2.45) is 5.41 Å². The first-order valence-electron chi connectivity index (χ1n) is 13.3. The van der Waals surface area contributed by atoms with Crippen LogP contribution in [0.15, 0.2) is 48.8 Å². The van der Waals surface area contributed by atoms with Crippen molar-refractivity contribution >= 4 is 23.3 Å². The molecule has 1 N–H and O–H groups in total. The molecular formula is C31H38ClN3O4. The maximum absolute atomic E-state index is 12.6. The number of benzene rings is 1. The Labute approximate surface area is 236 Å². The van der Waals surface area contributed by atoms with Crippen molar-refractivity contribution in [3.05, 3.63) is 70.6 Å². The predicted octanol–water partition coefficient (Wildman–Crippen LogP) is 7.25. The SMILES string of the molecule is Cc1ncc(-c2ccc(OCc3ccc(Cl)cc3)cn2)c(N2CCC(C)(C)CC2)c1C(OC(C)(C)C)C(=O)O. The van der Waals surface area contributed by atoms with Crippen molar-refractivity contribution < 1.29 is 19.4 Å². The first kappa shape index (κ1) is 28.8. The maximum Gasteiger partial charge on any atom is 0.337 e. The van der Waals surface area contributed by atoms with E-state index in [2.05, 4.69) is 23.7 Å². The van der Waals surface area contributed by atoms with E-state index in [4.69, 9.17) is 26.1 Å². The molecule has 0 aliphatic carbocycles.